The van der Waals surface area contributed by atoms with Gasteiger partial charge in [0, 0.05) is 18.9 Å². The summed E-state index contributed by atoms with van der Waals surface area (Å²) in [4.78, 5) is 4.46. The molecule has 0 fully saturated rings. The van der Waals surface area contributed by atoms with Crippen LogP contribution in [0.25, 0.3) is 0 Å². The third kappa shape index (κ3) is 5.63. The number of nitrogens with one attached hydrogen (secondary N) is 1. The lowest BCUT2D eigenvalue weighted by atomic mass is 10.0. The van der Waals surface area contributed by atoms with E-state index in [1.807, 2.05) is 7.05 Å². The minimum atomic E-state index is 0.420. The molecule has 4 nitrogen and oxygen atoms in total. The van der Waals surface area contributed by atoms with Crippen LogP contribution in [0.1, 0.15) is 52.3 Å². The van der Waals surface area contributed by atoms with Crippen molar-refractivity contribution >= 4 is 0 Å². The SMILES string of the molecule is CNC(Cc1nc(CCC(C)C)no1)CC(C)C. The van der Waals surface area contributed by atoms with Crippen LogP contribution in [0.3, 0.4) is 0 Å². The largest absolute Gasteiger partial charge is 0.339 e. The van der Waals surface area contributed by atoms with E-state index in [1.165, 1.54) is 0 Å². The van der Waals surface area contributed by atoms with Crippen LogP contribution in [-0.4, -0.2) is 23.2 Å². The lowest BCUT2D eigenvalue weighted by molar-refractivity contribution is 0.341. The Labute approximate surface area is 111 Å². The minimum Gasteiger partial charge on any atom is -0.339 e. The quantitative estimate of drug-likeness (QED) is 0.774. The molecule has 0 bridgehead atoms. The molecule has 18 heavy (non-hydrogen) atoms. The molecule has 1 heterocycles. The van der Waals surface area contributed by atoms with Gasteiger partial charge in [0.1, 0.15) is 0 Å². The zero-order chi connectivity index (χ0) is 13.5. The van der Waals surface area contributed by atoms with Gasteiger partial charge in [-0.3, -0.25) is 0 Å². The summed E-state index contributed by atoms with van der Waals surface area (Å²) in [5, 5.41) is 7.35. The van der Waals surface area contributed by atoms with Crippen molar-refractivity contribution in [1.82, 2.24) is 15.5 Å². The lowest BCUT2D eigenvalue weighted by Gasteiger charge is -2.15. The summed E-state index contributed by atoms with van der Waals surface area (Å²) in [5.74, 6) is 2.95. The number of hydrogen-bond acceptors (Lipinski definition) is 4. The first-order chi connectivity index (χ1) is 8.51. The number of aryl methyl sites for hydroxylation is 1. The van der Waals surface area contributed by atoms with Crippen molar-refractivity contribution in [2.75, 3.05) is 7.05 Å². The first-order valence-corrected chi connectivity index (χ1v) is 7.00. The second kappa shape index (κ2) is 7.52. The molecule has 0 amide bonds. The summed E-state index contributed by atoms with van der Waals surface area (Å²) in [7, 11) is 1.99. The fraction of sp³-hybridized carbons (Fsp3) is 0.857. The highest BCUT2D eigenvalue weighted by molar-refractivity contribution is 4.90. The minimum absolute atomic E-state index is 0.420. The van der Waals surface area contributed by atoms with E-state index >= 15 is 0 Å². The van der Waals surface area contributed by atoms with Crippen molar-refractivity contribution in [2.24, 2.45) is 11.8 Å². The molecule has 0 radical (unpaired) electrons. The van der Waals surface area contributed by atoms with E-state index in [4.69, 9.17) is 4.52 Å². The van der Waals surface area contributed by atoms with Gasteiger partial charge in [0.2, 0.25) is 5.89 Å². The Kier molecular flexibility index (Phi) is 6.33. The highest BCUT2D eigenvalue weighted by Crippen LogP contribution is 2.11. The van der Waals surface area contributed by atoms with E-state index < -0.39 is 0 Å². The van der Waals surface area contributed by atoms with Gasteiger partial charge in [-0.05, 0) is 31.7 Å². The fourth-order valence-electron chi connectivity index (χ4n) is 1.98. The maximum atomic E-state index is 5.31. The van der Waals surface area contributed by atoms with E-state index in [9.17, 15) is 0 Å². The normalized spacial score (nSPS) is 13.5. The van der Waals surface area contributed by atoms with Gasteiger partial charge in [0.05, 0.1) is 0 Å². The molecule has 1 N–H and O–H groups in total. The number of aromatic nitrogens is 2. The smallest absolute Gasteiger partial charge is 0.228 e. The van der Waals surface area contributed by atoms with Crippen LogP contribution in [0.5, 0.6) is 0 Å². The van der Waals surface area contributed by atoms with E-state index in [2.05, 4.69) is 43.2 Å². The summed E-state index contributed by atoms with van der Waals surface area (Å²) < 4.78 is 5.31. The van der Waals surface area contributed by atoms with Crippen molar-refractivity contribution in [1.29, 1.82) is 0 Å². The summed E-state index contributed by atoms with van der Waals surface area (Å²) >= 11 is 0. The molecule has 4 heteroatoms. The molecule has 1 atom stereocenters. The molecule has 1 aromatic rings. The van der Waals surface area contributed by atoms with Gasteiger partial charge in [-0.15, -0.1) is 0 Å². The van der Waals surface area contributed by atoms with Gasteiger partial charge in [-0.1, -0.05) is 32.9 Å². The average Bonchev–Trinajstić information content (AvgIpc) is 2.72. The molecule has 0 spiro atoms. The first kappa shape index (κ1) is 15.2. The van der Waals surface area contributed by atoms with Crippen molar-refractivity contribution < 1.29 is 4.52 Å². The zero-order valence-electron chi connectivity index (χ0n) is 12.4. The van der Waals surface area contributed by atoms with Gasteiger partial charge in [0.15, 0.2) is 5.82 Å². The molecule has 0 saturated carbocycles. The van der Waals surface area contributed by atoms with Crippen LogP contribution >= 0.6 is 0 Å². The number of hydrogen-bond donors (Lipinski definition) is 1. The Morgan fingerprint density at radius 3 is 2.44 bits per heavy atom. The molecule has 104 valence electrons. The summed E-state index contributed by atoms with van der Waals surface area (Å²) in [6, 6.07) is 0.420. The molecular weight excluding hydrogens is 226 g/mol. The number of nitrogens with zero attached hydrogens (tertiary/aromatic N) is 2. The topological polar surface area (TPSA) is 51.0 Å². The molecule has 0 aliphatic carbocycles. The molecule has 0 aliphatic heterocycles. The monoisotopic (exact) mass is 253 g/mol. The van der Waals surface area contributed by atoms with Gasteiger partial charge >= 0.3 is 0 Å². The maximum absolute atomic E-state index is 5.31. The van der Waals surface area contributed by atoms with Crippen LogP contribution < -0.4 is 5.32 Å². The average molecular weight is 253 g/mol. The maximum Gasteiger partial charge on any atom is 0.228 e. The van der Waals surface area contributed by atoms with Crippen LogP contribution in [-0.2, 0) is 12.8 Å². The van der Waals surface area contributed by atoms with Crippen LogP contribution in [0.15, 0.2) is 4.52 Å². The van der Waals surface area contributed by atoms with E-state index in [0.29, 0.717) is 17.9 Å². The van der Waals surface area contributed by atoms with Gasteiger partial charge < -0.3 is 9.84 Å². The second-order valence-corrected chi connectivity index (χ2v) is 5.86. The van der Waals surface area contributed by atoms with Crippen LogP contribution in [0, 0.1) is 11.8 Å². The van der Waals surface area contributed by atoms with Crippen molar-refractivity contribution in [3.05, 3.63) is 11.7 Å². The summed E-state index contributed by atoms with van der Waals surface area (Å²) in [6.07, 6.45) is 3.97. The highest BCUT2D eigenvalue weighted by atomic mass is 16.5. The summed E-state index contributed by atoms with van der Waals surface area (Å²) in [6.45, 7) is 8.87. The fourth-order valence-corrected chi connectivity index (χ4v) is 1.98. The van der Waals surface area contributed by atoms with E-state index in [0.717, 1.165) is 37.4 Å². The van der Waals surface area contributed by atoms with E-state index in [-0.39, 0.29) is 0 Å². The Hall–Kier alpha value is -0.900. The van der Waals surface area contributed by atoms with Gasteiger partial charge in [0.25, 0.3) is 0 Å². The molecule has 1 rings (SSSR count). The third-order valence-electron chi connectivity index (χ3n) is 3.04. The molecule has 1 aromatic heterocycles. The zero-order valence-corrected chi connectivity index (χ0v) is 12.4. The Balaban J connectivity index is 2.46. The second-order valence-electron chi connectivity index (χ2n) is 5.86. The predicted molar refractivity (Wildman–Crippen MR) is 73.5 cm³/mol. The number of rotatable bonds is 8. The molecule has 0 saturated heterocycles. The first-order valence-electron chi connectivity index (χ1n) is 7.00. The Morgan fingerprint density at radius 2 is 1.89 bits per heavy atom. The Morgan fingerprint density at radius 1 is 1.17 bits per heavy atom. The summed E-state index contributed by atoms with van der Waals surface area (Å²) in [5.41, 5.74) is 0. The van der Waals surface area contributed by atoms with Crippen LogP contribution in [0.4, 0.5) is 0 Å². The lowest BCUT2D eigenvalue weighted by Crippen LogP contribution is -2.29. The highest BCUT2D eigenvalue weighted by Gasteiger charge is 2.14. The van der Waals surface area contributed by atoms with Gasteiger partial charge in [-0.25, -0.2) is 0 Å². The molecular formula is C14H27N3O. The standard InChI is InChI=1S/C14H27N3O/c1-10(2)6-7-13-16-14(18-17-13)9-12(15-5)8-11(3)4/h10-12,15H,6-9H2,1-5H3. The van der Waals surface area contributed by atoms with Crippen molar-refractivity contribution in [2.45, 2.75) is 59.4 Å². The Bertz CT molecular complexity index is 334. The van der Waals surface area contributed by atoms with E-state index in [1.54, 1.807) is 0 Å². The predicted octanol–water partition coefficient (Wildman–Crippen LogP) is 2.83. The molecule has 0 aliphatic rings. The molecule has 1 unspecified atom stereocenters. The third-order valence-corrected chi connectivity index (χ3v) is 3.04. The van der Waals surface area contributed by atoms with Crippen molar-refractivity contribution in [3.63, 3.8) is 0 Å². The number of likely N-dealkylation sites (N-methyl/N-ethyl adjacent to an activating group) is 1. The van der Waals surface area contributed by atoms with Gasteiger partial charge in [-0.2, -0.15) is 4.98 Å². The molecule has 0 aromatic carbocycles. The van der Waals surface area contributed by atoms with Crippen molar-refractivity contribution in [3.8, 4) is 0 Å². The van der Waals surface area contributed by atoms with Crippen LogP contribution in [0.2, 0.25) is 0 Å².